The molecule has 1 saturated carbocycles. The number of hydrazone groups is 1. The number of methoxy groups -OCH3 is 1. The van der Waals surface area contributed by atoms with Gasteiger partial charge in [-0.05, 0) is 68.5 Å². The molecule has 0 spiro atoms. The van der Waals surface area contributed by atoms with Crippen LogP contribution in [0.1, 0.15) is 43.7 Å². The van der Waals surface area contributed by atoms with Gasteiger partial charge in [0.2, 0.25) is 6.29 Å². The van der Waals surface area contributed by atoms with E-state index < -0.39 is 12.4 Å². The fourth-order valence-corrected chi connectivity index (χ4v) is 5.70. The zero-order valence-corrected chi connectivity index (χ0v) is 23.8. The van der Waals surface area contributed by atoms with E-state index in [9.17, 15) is 9.59 Å². The van der Waals surface area contributed by atoms with Crippen molar-refractivity contribution >= 4 is 34.5 Å². The van der Waals surface area contributed by atoms with Gasteiger partial charge in [0.1, 0.15) is 0 Å². The molecule has 1 saturated heterocycles. The number of carbonyl (C=O) groups is 2. The van der Waals surface area contributed by atoms with Crippen LogP contribution in [-0.4, -0.2) is 73.6 Å². The van der Waals surface area contributed by atoms with Crippen LogP contribution in [-0.2, 0) is 16.0 Å². The molecule has 2 heterocycles. The Balaban J connectivity index is 1.26. The molecule has 2 aliphatic heterocycles. The number of anilines is 1. The van der Waals surface area contributed by atoms with E-state index in [2.05, 4.69) is 5.32 Å². The third-order valence-corrected chi connectivity index (χ3v) is 8.00. The zero-order valence-electron chi connectivity index (χ0n) is 23.0. The lowest BCUT2D eigenvalue weighted by molar-refractivity contribution is -0.114. The van der Waals surface area contributed by atoms with Crippen molar-refractivity contribution in [2.24, 2.45) is 5.10 Å². The normalized spacial score (nSPS) is 19.8. The van der Waals surface area contributed by atoms with Gasteiger partial charge in [-0.15, -0.1) is 0 Å². The van der Waals surface area contributed by atoms with Crippen molar-refractivity contribution in [2.45, 2.75) is 51.5 Å². The van der Waals surface area contributed by atoms with Gasteiger partial charge in [0.05, 0.1) is 38.6 Å². The molecule has 1 unspecified atom stereocenters. The summed E-state index contributed by atoms with van der Waals surface area (Å²) in [5.74, 6) is 1.89. The Hall–Kier alpha value is -3.28. The molecule has 2 amide bonds. The monoisotopic (exact) mass is 568 g/mol. The van der Waals surface area contributed by atoms with E-state index in [1.165, 1.54) is 29.6 Å². The molecule has 40 heavy (non-hydrogen) atoms. The highest BCUT2D eigenvalue weighted by atomic mass is 32.2. The number of thioether (sulfide) groups is 1. The van der Waals surface area contributed by atoms with Gasteiger partial charge in [0.25, 0.3) is 0 Å². The molecule has 0 bridgehead atoms. The van der Waals surface area contributed by atoms with Crippen molar-refractivity contribution in [1.29, 1.82) is 0 Å². The number of ether oxygens (including phenoxy) is 4. The second kappa shape index (κ2) is 13.4. The van der Waals surface area contributed by atoms with Gasteiger partial charge in [0, 0.05) is 30.1 Å². The summed E-state index contributed by atoms with van der Waals surface area (Å²) in [6.07, 6.45) is 3.61. The number of benzene rings is 2. The number of nitrogens with one attached hydrogen (secondary N) is 1. The molecule has 1 atom stereocenters. The average Bonchev–Trinajstić information content (AvgIpc) is 3.49. The van der Waals surface area contributed by atoms with Gasteiger partial charge in [-0.3, -0.25) is 9.69 Å². The number of amides is 2. The van der Waals surface area contributed by atoms with Crippen LogP contribution in [0.5, 0.6) is 11.5 Å². The molecule has 2 fully saturated rings. The number of nitrogens with zero attached hydrogens (tertiary/aromatic N) is 3. The van der Waals surface area contributed by atoms with Crippen LogP contribution < -0.4 is 19.7 Å². The molecular weight excluding hydrogens is 532 g/mol. The summed E-state index contributed by atoms with van der Waals surface area (Å²) in [7, 11) is 1.64. The first kappa shape index (κ1) is 28.3. The molecule has 214 valence electrons. The molecule has 2 aromatic rings. The number of carbonyl (C=O) groups excluding carboxylic acids is 2. The van der Waals surface area contributed by atoms with E-state index in [0.717, 1.165) is 36.2 Å². The Kier molecular flexibility index (Phi) is 9.45. The van der Waals surface area contributed by atoms with Crippen molar-refractivity contribution in [3.8, 4) is 11.5 Å². The first-order valence-corrected chi connectivity index (χ1v) is 14.8. The van der Waals surface area contributed by atoms with Gasteiger partial charge in [-0.2, -0.15) is 5.10 Å². The third-order valence-electron chi connectivity index (χ3n) is 7.12. The Morgan fingerprint density at radius 2 is 1.98 bits per heavy atom. The fourth-order valence-electron chi connectivity index (χ4n) is 4.96. The molecular formula is C29H36N4O6S. The highest BCUT2D eigenvalue weighted by Gasteiger charge is 2.26. The van der Waals surface area contributed by atoms with Gasteiger partial charge in [-0.1, -0.05) is 23.9 Å². The van der Waals surface area contributed by atoms with Crippen LogP contribution >= 0.6 is 11.8 Å². The van der Waals surface area contributed by atoms with Crippen molar-refractivity contribution < 1.29 is 28.5 Å². The summed E-state index contributed by atoms with van der Waals surface area (Å²) < 4.78 is 22.8. The number of hydrogen-bond acceptors (Lipinski definition) is 9. The summed E-state index contributed by atoms with van der Waals surface area (Å²) in [6, 6.07) is 13.3. The van der Waals surface area contributed by atoms with Gasteiger partial charge >= 0.3 is 11.3 Å². The maximum absolute atomic E-state index is 12.7. The van der Waals surface area contributed by atoms with E-state index in [-0.39, 0.29) is 11.3 Å². The number of hydrogen-bond donors (Lipinski definition) is 1. The topological polar surface area (TPSA) is 102 Å². The van der Waals surface area contributed by atoms with Crippen LogP contribution in [0.4, 0.5) is 15.3 Å². The first-order valence-electron chi connectivity index (χ1n) is 13.8. The van der Waals surface area contributed by atoms with Crippen molar-refractivity contribution in [3.05, 3.63) is 53.6 Å². The first-order chi connectivity index (χ1) is 19.5. The minimum atomic E-state index is -0.597. The summed E-state index contributed by atoms with van der Waals surface area (Å²) in [4.78, 5) is 27.0. The van der Waals surface area contributed by atoms with Crippen molar-refractivity contribution in [3.63, 3.8) is 0 Å². The van der Waals surface area contributed by atoms with E-state index in [1.54, 1.807) is 12.0 Å². The second-order valence-electron chi connectivity index (χ2n) is 9.85. The molecule has 0 aromatic heterocycles. The molecule has 2 aromatic carbocycles. The maximum atomic E-state index is 12.7. The van der Waals surface area contributed by atoms with E-state index in [0.29, 0.717) is 49.2 Å². The van der Waals surface area contributed by atoms with Gasteiger partial charge < -0.3 is 24.3 Å². The molecule has 5 rings (SSSR count). The lowest BCUT2D eigenvalue weighted by atomic mass is 10.1. The predicted molar refractivity (Wildman–Crippen MR) is 154 cm³/mol. The van der Waals surface area contributed by atoms with Gasteiger partial charge in [0.15, 0.2) is 11.5 Å². The Bertz CT molecular complexity index is 1210. The fraction of sp³-hybridized carbons (Fsp3) is 0.483. The smallest absolute Gasteiger partial charge is 0.416 e. The van der Waals surface area contributed by atoms with Crippen LogP contribution in [0.15, 0.2) is 47.6 Å². The summed E-state index contributed by atoms with van der Waals surface area (Å²) in [6.45, 7) is 4.37. The molecule has 10 nitrogen and oxygen atoms in total. The zero-order chi connectivity index (χ0) is 27.9. The highest BCUT2D eigenvalue weighted by Crippen LogP contribution is 2.34. The second-order valence-corrected chi connectivity index (χ2v) is 10.8. The third kappa shape index (κ3) is 6.89. The molecule has 1 N–H and O–H groups in total. The van der Waals surface area contributed by atoms with Crippen molar-refractivity contribution in [2.75, 3.05) is 44.0 Å². The molecule has 3 aliphatic rings. The number of morpholine rings is 1. The Morgan fingerprint density at radius 3 is 2.67 bits per heavy atom. The van der Waals surface area contributed by atoms with Crippen molar-refractivity contribution in [1.82, 2.24) is 10.3 Å². The molecule has 1 aliphatic carbocycles. The molecule has 0 radical (unpaired) electrons. The number of rotatable bonds is 9. The van der Waals surface area contributed by atoms with Crippen LogP contribution in [0.25, 0.3) is 0 Å². The van der Waals surface area contributed by atoms with E-state index in [4.69, 9.17) is 24.0 Å². The van der Waals surface area contributed by atoms with E-state index in [1.807, 2.05) is 49.4 Å². The quantitative estimate of drug-likeness (QED) is 0.451. The summed E-state index contributed by atoms with van der Waals surface area (Å²) >= 11 is 1.23. The standard InChI is InChI=1S/C29H36N4O6S/c1-3-32(28(34)39-27-17-30-14-15-37-27)22-11-8-20(9-12-22)18-33-29(35)40-19-24(31-33)21-10-13-25(36-2)26(16-21)38-23-6-4-5-7-23/h8-13,16,23,27,30H,3-7,14-15,17-19H2,1-2H3. The van der Waals surface area contributed by atoms with Crippen LogP contribution in [0, 0.1) is 0 Å². The van der Waals surface area contributed by atoms with E-state index >= 15 is 0 Å². The summed E-state index contributed by atoms with van der Waals surface area (Å²) in [5, 5.41) is 9.23. The van der Waals surface area contributed by atoms with Gasteiger partial charge in [-0.25, -0.2) is 9.80 Å². The van der Waals surface area contributed by atoms with Crippen LogP contribution in [0.3, 0.4) is 0 Å². The molecule has 11 heteroatoms. The summed E-state index contributed by atoms with van der Waals surface area (Å²) in [5.41, 5.74) is 3.31. The lowest BCUT2D eigenvalue weighted by Gasteiger charge is -2.27. The maximum Gasteiger partial charge on any atom is 0.416 e. The minimum absolute atomic E-state index is 0.108. The Morgan fingerprint density at radius 1 is 1.18 bits per heavy atom. The largest absolute Gasteiger partial charge is 0.493 e. The highest BCUT2D eigenvalue weighted by molar-refractivity contribution is 8.14. The van der Waals surface area contributed by atoms with Crippen LogP contribution in [0.2, 0.25) is 0 Å². The SMILES string of the molecule is CCN(C(=O)OC1CNCCO1)c1ccc(CN2N=C(c3ccc(OC)c(OC4CCCC4)c3)CSC2=O)cc1. The Labute approximate surface area is 239 Å². The minimum Gasteiger partial charge on any atom is -0.493 e. The average molecular weight is 569 g/mol. The lowest BCUT2D eigenvalue weighted by Crippen LogP contribution is -2.44. The predicted octanol–water partition coefficient (Wildman–Crippen LogP) is 5.00.